The average Bonchev–Trinajstić information content (AvgIpc) is 2.57. The minimum absolute atomic E-state index is 0.749. The summed E-state index contributed by atoms with van der Waals surface area (Å²) in [5.41, 5.74) is 2.09. The van der Waals surface area contributed by atoms with Crippen LogP contribution in [-0.2, 0) is 13.6 Å². The molecule has 2 rings (SSSR count). The largest absolute Gasteiger partial charge is 0.439 e. The highest BCUT2D eigenvalue weighted by Gasteiger charge is 2.14. The van der Waals surface area contributed by atoms with Gasteiger partial charge in [-0.3, -0.25) is 0 Å². The number of nitrogens with one attached hydrogen (secondary N) is 1. The molecule has 0 saturated heterocycles. The molecule has 1 heterocycles. The maximum absolute atomic E-state index is 5.95. The lowest BCUT2D eigenvalue weighted by Gasteiger charge is -2.08. The molecule has 18 heavy (non-hydrogen) atoms. The fourth-order valence-corrected chi connectivity index (χ4v) is 2.35. The first-order chi connectivity index (χ1) is 8.61. The lowest BCUT2D eigenvalue weighted by Crippen LogP contribution is -2.07. The van der Waals surface area contributed by atoms with Crippen LogP contribution < -0.4 is 10.1 Å². The first-order valence-electron chi connectivity index (χ1n) is 5.72. The summed E-state index contributed by atoms with van der Waals surface area (Å²) in [7, 11) is 3.82. The molecule has 5 heteroatoms. The van der Waals surface area contributed by atoms with Crippen molar-refractivity contribution >= 4 is 22.6 Å². The zero-order chi connectivity index (χ0) is 13.1. The van der Waals surface area contributed by atoms with Crippen LogP contribution in [0.5, 0.6) is 11.6 Å². The summed E-state index contributed by atoms with van der Waals surface area (Å²) in [6, 6.07) is 7.98. The Bertz CT molecular complexity index is 551. The van der Waals surface area contributed by atoms with E-state index in [1.54, 1.807) is 4.68 Å². The normalized spacial score (nSPS) is 10.7. The molecule has 1 aromatic carbocycles. The minimum Gasteiger partial charge on any atom is -0.439 e. The van der Waals surface area contributed by atoms with E-state index in [0.29, 0.717) is 0 Å². The molecule has 0 fully saturated rings. The molecule has 0 aliphatic carbocycles. The molecule has 0 spiro atoms. The van der Waals surface area contributed by atoms with Crippen LogP contribution in [0.1, 0.15) is 11.3 Å². The topological polar surface area (TPSA) is 39.1 Å². The van der Waals surface area contributed by atoms with Gasteiger partial charge in [-0.1, -0.05) is 6.07 Å². The van der Waals surface area contributed by atoms with E-state index in [1.807, 2.05) is 45.3 Å². The second-order valence-electron chi connectivity index (χ2n) is 4.08. The first kappa shape index (κ1) is 13.4. The zero-order valence-electron chi connectivity index (χ0n) is 10.7. The van der Waals surface area contributed by atoms with Gasteiger partial charge in [0.25, 0.3) is 0 Å². The van der Waals surface area contributed by atoms with Crippen molar-refractivity contribution in [2.75, 3.05) is 7.05 Å². The summed E-state index contributed by atoms with van der Waals surface area (Å²) in [4.78, 5) is 0. The summed E-state index contributed by atoms with van der Waals surface area (Å²) in [5, 5.41) is 7.54. The number of halogens is 1. The van der Waals surface area contributed by atoms with E-state index in [1.165, 1.54) is 0 Å². The van der Waals surface area contributed by atoms with Crippen LogP contribution in [0, 0.1) is 10.5 Å². The van der Waals surface area contributed by atoms with Crippen molar-refractivity contribution < 1.29 is 4.74 Å². The molecule has 0 atom stereocenters. The van der Waals surface area contributed by atoms with Gasteiger partial charge in [0, 0.05) is 17.2 Å². The van der Waals surface area contributed by atoms with Gasteiger partial charge in [-0.2, -0.15) is 5.10 Å². The molecular formula is C13H16IN3O. The Morgan fingerprint density at radius 2 is 2.22 bits per heavy atom. The number of aromatic nitrogens is 2. The first-order valence-corrected chi connectivity index (χ1v) is 6.80. The standard InChI is InChI=1S/C13H16IN3O/c1-9-12(8-15-2)13(17(3)16-9)18-11-6-4-5-10(14)7-11/h4-7,15H,8H2,1-3H3. The van der Waals surface area contributed by atoms with Gasteiger partial charge >= 0.3 is 0 Å². The van der Waals surface area contributed by atoms with Crippen molar-refractivity contribution in [1.29, 1.82) is 0 Å². The van der Waals surface area contributed by atoms with Gasteiger partial charge in [-0.05, 0) is 54.8 Å². The van der Waals surface area contributed by atoms with Crippen molar-refractivity contribution in [1.82, 2.24) is 15.1 Å². The van der Waals surface area contributed by atoms with Gasteiger partial charge in [0.1, 0.15) is 5.75 Å². The molecule has 96 valence electrons. The molecule has 4 nitrogen and oxygen atoms in total. The molecular weight excluding hydrogens is 341 g/mol. The van der Waals surface area contributed by atoms with Crippen LogP contribution in [0.4, 0.5) is 0 Å². The van der Waals surface area contributed by atoms with Gasteiger partial charge in [0.05, 0.1) is 11.3 Å². The third-order valence-electron chi connectivity index (χ3n) is 2.65. The van der Waals surface area contributed by atoms with E-state index in [-0.39, 0.29) is 0 Å². The summed E-state index contributed by atoms with van der Waals surface area (Å²) in [5.74, 6) is 1.63. The molecule has 2 aromatic rings. The molecule has 1 N–H and O–H groups in total. The third kappa shape index (κ3) is 2.84. The SMILES string of the molecule is CNCc1c(C)nn(C)c1Oc1cccc(I)c1. The molecule has 0 radical (unpaired) electrons. The zero-order valence-corrected chi connectivity index (χ0v) is 12.9. The Morgan fingerprint density at radius 3 is 2.89 bits per heavy atom. The number of benzene rings is 1. The Labute approximate surface area is 120 Å². The van der Waals surface area contributed by atoms with Crippen LogP contribution in [0.25, 0.3) is 0 Å². The summed E-state index contributed by atoms with van der Waals surface area (Å²) >= 11 is 2.27. The minimum atomic E-state index is 0.749. The Hall–Kier alpha value is -1.08. The molecule has 0 aliphatic rings. The van der Waals surface area contributed by atoms with E-state index in [2.05, 4.69) is 33.0 Å². The monoisotopic (exact) mass is 357 g/mol. The number of ether oxygens (including phenoxy) is 1. The summed E-state index contributed by atoms with van der Waals surface area (Å²) in [6.07, 6.45) is 0. The van der Waals surface area contributed by atoms with Crippen molar-refractivity contribution in [2.24, 2.45) is 7.05 Å². The van der Waals surface area contributed by atoms with Crippen LogP contribution in [0.2, 0.25) is 0 Å². The predicted molar refractivity (Wildman–Crippen MR) is 79.9 cm³/mol. The van der Waals surface area contributed by atoms with E-state index in [0.717, 1.165) is 33.0 Å². The second kappa shape index (κ2) is 5.71. The van der Waals surface area contributed by atoms with Gasteiger partial charge in [0.2, 0.25) is 5.88 Å². The quantitative estimate of drug-likeness (QED) is 0.856. The Kier molecular flexibility index (Phi) is 4.23. The van der Waals surface area contributed by atoms with Gasteiger partial charge in [-0.15, -0.1) is 0 Å². The smallest absolute Gasteiger partial charge is 0.222 e. The van der Waals surface area contributed by atoms with E-state index in [9.17, 15) is 0 Å². The number of rotatable bonds is 4. The molecule has 0 saturated carbocycles. The Balaban J connectivity index is 2.33. The van der Waals surface area contributed by atoms with Crippen molar-refractivity contribution in [2.45, 2.75) is 13.5 Å². The number of aryl methyl sites for hydroxylation is 2. The van der Waals surface area contributed by atoms with Crippen LogP contribution >= 0.6 is 22.6 Å². The molecule has 1 aromatic heterocycles. The van der Waals surface area contributed by atoms with Crippen LogP contribution in [0.15, 0.2) is 24.3 Å². The van der Waals surface area contributed by atoms with E-state index >= 15 is 0 Å². The number of nitrogens with zero attached hydrogens (tertiary/aromatic N) is 2. The third-order valence-corrected chi connectivity index (χ3v) is 3.32. The van der Waals surface area contributed by atoms with Gasteiger partial charge in [0.15, 0.2) is 0 Å². The van der Waals surface area contributed by atoms with Gasteiger partial charge < -0.3 is 10.1 Å². The average molecular weight is 357 g/mol. The fraction of sp³-hybridized carbons (Fsp3) is 0.308. The second-order valence-corrected chi connectivity index (χ2v) is 5.33. The lowest BCUT2D eigenvalue weighted by molar-refractivity contribution is 0.424. The van der Waals surface area contributed by atoms with Crippen molar-refractivity contribution in [3.8, 4) is 11.6 Å². The number of hydrogen-bond donors (Lipinski definition) is 1. The van der Waals surface area contributed by atoms with Crippen LogP contribution in [0.3, 0.4) is 0 Å². The summed E-state index contributed by atoms with van der Waals surface area (Å²) < 4.78 is 8.88. The van der Waals surface area contributed by atoms with Crippen molar-refractivity contribution in [3.63, 3.8) is 0 Å². The molecule has 0 unspecified atom stereocenters. The highest BCUT2D eigenvalue weighted by molar-refractivity contribution is 14.1. The summed E-state index contributed by atoms with van der Waals surface area (Å²) in [6.45, 7) is 2.74. The molecule has 0 aliphatic heterocycles. The van der Waals surface area contributed by atoms with E-state index < -0.39 is 0 Å². The maximum Gasteiger partial charge on any atom is 0.222 e. The Morgan fingerprint density at radius 1 is 1.44 bits per heavy atom. The molecule has 0 bridgehead atoms. The highest BCUT2D eigenvalue weighted by Crippen LogP contribution is 2.27. The lowest BCUT2D eigenvalue weighted by atomic mass is 10.2. The fourth-order valence-electron chi connectivity index (χ4n) is 1.83. The van der Waals surface area contributed by atoms with Crippen molar-refractivity contribution in [3.05, 3.63) is 39.1 Å². The highest BCUT2D eigenvalue weighted by atomic mass is 127. The maximum atomic E-state index is 5.95. The van der Waals surface area contributed by atoms with Crippen LogP contribution in [-0.4, -0.2) is 16.8 Å². The van der Waals surface area contributed by atoms with E-state index in [4.69, 9.17) is 4.74 Å². The molecule has 0 amide bonds. The van der Waals surface area contributed by atoms with Gasteiger partial charge in [-0.25, -0.2) is 4.68 Å². The number of hydrogen-bond acceptors (Lipinski definition) is 3. The predicted octanol–water partition coefficient (Wildman–Crippen LogP) is 2.84.